The smallest absolute Gasteiger partial charge is 0.253 e. The van der Waals surface area contributed by atoms with E-state index in [4.69, 9.17) is 16.2 Å². The Kier molecular flexibility index (Phi) is 2.96. The van der Waals surface area contributed by atoms with E-state index in [2.05, 4.69) is 5.32 Å². The molecular formula is C11H15N3O2. The minimum absolute atomic E-state index is 0.0875. The highest BCUT2D eigenvalue weighted by atomic mass is 16.5. The van der Waals surface area contributed by atoms with Crippen LogP contribution in [-0.4, -0.2) is 25.2 Å². The number of ether oxygens (including phenoxy) is 1. The summed E-state index contributed by atoms with van der Waals surface area (Å²) in [7, 11) is 0. The predicted octanol–water partition coefficient (Wildman–Crippen LogP) is 0.370. The van der Waals surface area contributed by atoms with Crippen LogP contribution in [0.3, 0.4) is 0 Å². The number of carbonyl (C=O) groups excluding carboxylic acids is 1. The number of nitrogen functional groups attached to an aromatic ring is 2. The van der Waals surface area contributed by atoms with Crippen LogP contribution in [0.1, 0.15) is 16.8 Å². The maximum atomic E-state index is 11.8. The Morgan fingerprint density at radius 2 is 2.25 bits per heavy atom. The predicted molar refractivity (Wildman–Crippen MR) is 62.0 cm³/mol. The fraction of sp³-hybridized carbons (Fsp3) is 0.364. The van der Waals surface area contributed by atoms with Gasteiger partial charge in [-0.1, -0.05) is 0 Å². The fourth-order valence-corrected chi connectivity index (χ4v) is 1.70. The molecule has 16 heavy (non-hydrogen) atoms. The summed E-state index contributed by atoms with van der Waals surface area (Å²) in [6.45, 7) is 1.27. The zero-order chi connectivity index (χ0) is 11.5. The standard InChI is InChI=1S/C11H15N3O2/c12-7-1-2-9(10(13)5-7)11(15)14-8-3-4-16-6-8/h1-2,5,8H,3-4,6,12-13H2,(H,14,15). The number of carbonyl (C=O) groups is 1. The van der Waals surface area contributed by atoms with Crippen LogP contribution < -0.4 is 16.8 Å². The Morgan fingerprint density at radius 1 is 1.44 bits per heavy atom. The number of benzene rings is 1. The molecule has 0 bridgehead atoms. The fourth-order valence-electron chi connectivity index (χ4n) is 1.70. The second-order valence-electron chi connectivity index (χ2n) is 3.88. The first-order valence-electron chi connectivity index (χ1n) is 5.20. The SMILES string of the molecule is Nc1ccc(C(=O)NC2CCOC2)c(N)c1. The van der Waals surface area contributed by atoms with E-state index in [1.807, 2.05) is 0 Å². The first kappa shape index (κ1) is 10.8. The molecule has 1 unspecified atom stereocenters. The minimum atomic E-state index is -0.173. The van der Waals surface area contributed by atoms with Crippen LogP contribution in [0, 0.1) is 0 Å². The molecular weight excluding hydrogens is 206 g/mol. The molecule has 0 aromatic heterocycles. The average molecular weight is 221 g/mol. The summed E-state index contributed by atoms with van der Waals surface area (Å²) in [5.41, 5.74) is 12.7. The van der Waals surface area contributed by atoms with Crippen LogP contribution in [0.4, 0.5) is 11.4 Å². The van der Waals surface area contributed by atoms with Crippen molar-refractivity contribution in [3.05, 3.63) is 23.8 Å². The Hall–Kier alpha value is -1.75. The summed E-state index contributed by atoms with van der Waals surface area (Å²) >= 11 is 0. The third kappa shape index (κ3) is 2.25. The molecule has 0 aliphatic carbocycles. The van der Waals surface area contributed by atoms with E-state index in [9.17, 15) is 4.79 Å². The lowest BCUT2D eigenvalue weighted by atomic mass is 10.1. The second kappa shape index (κ2) is 4.40. The molecule has 5 heteroatoms. The lowest BCUT2D eigenvalue weighted by Gasteiger charge is -2.12. The number of rotatable bonds is 2. The van der Waals surface area contributed by atoms with Gasteiger partial charge in [-0.3, -0.25) is 4.79 Å². The summed E-state index contributed by atoms with van der Waals surface area (Å²) in [6.07, 6.45) is 0.848. The van der Waals surface area contributed by atoms with Crippen molar-refractivity contribution < 1.29 is 9.53 Å². The highest BCUT2D eigenvalue weighted by molar-refractivity contribution is 5.99. The molecule has 0 saturated carbocycles. The molecule has 5 nitrogen and oxygen atoms in total. The largest absolute Gasteiger partial charge is 0.399 e. The molecule has 1 amide bonds. The first-order valence-corrected chi connectivity index (χ1v) is 5.20. The molecule has 1 saturated heterocycles. The van der Waals surface area contributed by atoms with Crippen molar-refractivity contribution in [1.29, 1.82) is 0 Å². The number of nitrogens with two attached hydrogens (primary N) is 2. The average Bonchev–Trinajstić information content (AvgIpc) is 2.70. The third-order valence-electron chi connectivity index (χ3n) is 2.59. The summed E-state index contributed by atoms with van der Waals surface area (Å²) in [4.78, 5) is 11.8. The maximum Gasteiger partial charge on any atom is 0.253 e. The topological polar surface area (TPSA) is 90.4 Å². The van der Waals surface area contributed by atoms with Crippen molar-refractivity contribution in [3.8, 4) is 0 Å². The van der Waals surface area contributed by atoms with Gasteiger partial charge in [0.15, 0.2) is 0 Å². The van der Waals surface area contributed by atoms with Gasteiger partial charge in [-0.25, -0.2) is 0 Å². The van der Waals surface area contributed by atoms with Gasteiger partial charge in [-0.15, -0.1) is 0 Å². The highest BCUT2D eigenvalue weighted by Gasteiger charge is 2.19. The van der Waals surface area contributed by atoms with Crippen LogP contribution >= 0.6 is 0 Å². The Bertz CT molecular complexity index is 400. The van der Waals surface area contributed by atoms with Crippen LogP contribution in [0.2, 0.25) is 0 Å². The molecule has 0 radical (unpaired) electrons. The van der Waals surface area contributed by atoms with Crippen LogP contribution in [0.5, 0.6) is 0 Å². The van der Waals surface area contributed by atoms with E-state index >= 15 is 0 Å². The number of anilines is 2. The van der Waals surface area contributed by atoms with Crippen LogP contribution in [0.25, 0.3) is 0 Å². The Labute approximate surface area is 93.8 Å². The Balaban J connectivity index is 2.08. The highest BCUT2D eigenvalue weighted by Crippen LogP contribution is 2.16. The van der Waals surface area contributed by atoms with Crippen molar-refractivity contribution in [3.63, 3.8) is 0 Å². The number of hydrogen-bond donors (Lipinski definition) is 3. The molecule has 1 aromatic rings. The molecule has 1 atom stereocenters. The molecule has 1 fully saturated rings. The third-order valence-corrected chi connectivity index (χ3v) is 2.59. The molecule has 1 aliphatic rings. The molecule has 1 aromatic carbocycles. The van der Waals surface area contributed by atoms with E-state index in [0.717, 1.165) is 6.42 Å². The summed E-state index contributed by atoms with van der Waals surface area (Å²) in [5, 5.41) is 2.87. The van der Waals surface area contributed by atoms with Gasteiger partial charge in [-0.2, -0.15) is 0 Å². The summed E-state index contributed by atoms with van der Waals surface area (Å²) in [5.74, 6) is -0.173. The summed E-state index contributed by atoms with van der Waals surface area (Å²) in [6, 6.07) is 4.97. The number of nitrogens with one attached hydrogen (secondary N) is 1. The van der Waals surface area contributed by atoms with E-state index < -0.39 is 0 Å². The van der Waals surface area contributed by atoms with Gasteiger partial charge in [0.05, 0.1) is 18.2 Å². The van der Waals surface area contributed by atoms with Crippen LogP contribution in [-0.2, 0) is 4.74 Å². The second-order valence-corrected chi connectivity index (χ2v) is 3.88. The zero-order valence-corrected chi connectivity index (χ0v) is 8.90. The summed E-state index contributed by atoms with van der Waals surface area (Å²) < 4.78 is 5.18. The quantitative estimate of drug-likeness (QED) is 0.629. The molecule has 0 spiro atoms. The van der Waals surface area contributed by atoms with Gasteiger partial charge in [0.25, 0.3) is 5.91 Å². The monoisotopic (exact) mass is 221 g/mol. The maximum absolute atomic E-state index is 11.8. The van der Waals surface area contributed by atoms with Gasteiger partial charge < -0.3 is 21.5 Å². The van der Waals surface area contributed by atoms with Crippen molar-refractivity contribution >= 4 is 17.3 Å². The molecule has 5 N–H and O–H groups in total. The lowest BCUT2D eigenvalue weighted by Crippen LogP contribution is -2.35. The number of amides is 1. The zero-order valence-electron chi connectivity index (χ0n) is 8.90. The van der Waals surface area contributed by atoms with Gasteiger partial charge in [0.2, 0.25) is 0 Å². The van der Waals surface area contributed by atoms with Crippen molar-refractivity contribution in [2.24, 2.45) is 0 Å². The van der Waals surface area contributed by atoms with E-state index in [1.54, 1.807) is 18.2 Å². The minimum Gasteiger partial charge on any atom is -0.399 e. The molecule has 86 valence electrons. The van der Waals surface area contributed by atoms with E-state index in [-0.39, 0.29) is 11.9 Å². The normalized spacial score (nSPS) is 19.6. The molecule has 1 aliphatic heterocycles. The molecule has 2 rings (SSSR count). The van der Waals surface area contributed by atoms with Gasteiger partial charge in [-0.05, 0) is 24.6 Å². The number of hydrogen-bond acceptors (Lipinski definition) is 4. The van der Waals surface area contributed by atoms with Gasteiger partial charge in [0.1, 0.15) is 0 Å². The van der Waals surface area contributed by atoms with Gasteiger partial charge >= 0.3 is 0 Å². The van der Waals surface area contributed by atoms with Crippen molar-refractivity contribution in [2.45, 2.75) is 12.5 Å². The van der Waals surface area contributed by atoms with Crippen LogP contribution in [0.15, 0.2) is 18.2 Å². The van der Waals surface area contributed by atoms with E-state index in [0.29, 0.717) is 30.2 Å². The van der Waals surface area contributed by atoms with Crippen molar-refractivity contribution in [1.82, 2.24) is 5.32 Å². The Morgan fingerprint density at radius 3 is 2.88 bits per heavy atom. The van der Waals surface area contributed by atoms with E-state index in [1.165, 1.54) is 0 Å². The van der Waals surface area contributed by atoms with Gasteiger partial charge in [0, 0.05) is 18.0 Å². The van der Waals surface area contributed by atoms with Crippen molar-refractivity contribution in [2.75, 3.05) is 24.7 Å². The lowest BCUT2D eigenvalue weighted by molar-refractivity contribution is 0.0931. The first-order chi connectivity index (χ1) is 7.66. The molecule has 1 heterocycles.